The van der Waals surface area contributed by atoms with Crippen molar-refractivity contribution in [3.05, 3.63) is 46.4 Å². The maximum atomic E-state index is 8.70. The van der Waals surface area contributed by atoms with E-state index in [9.17, 15) is 0 Å². The molecule has 15 heavy (non-hydrogen) atoms. The summed E-state index contributed by atoms with van der Waals surface area (Å²) in [4.78, 5) is 4.10. The van der Waals surface area contributed by atoms with E-state index in [-0.39, 0.29) is 0 Å². The molecule has 0 bridgehead atoms. The average Bonchev–Trinajstić information content (AvgIpc) is 2.79. The third kappa shape index (κ3) is 2.55. The van der Waals surface area contributed by atoms with Gasteiger partial charge in [0.25, 0.3) is 0 Å². The molecule has 0 unspecified atom stereocenters. The second kappa shape index (κ2) is 4.58. The number of aromatic nitrogens is 1. The average molecular weight is 216 g/mol. The lowest BCUT2D eigenvalue weighted by atomic mass is 10.2. The van der Waals surface area contributed by atoms with Crippen LogP contribution in [-0.4, -0.2) is 4.98 Å². The molecule has 0 fully saturated rings. The zero-order valence-corrected chi connectivity index (χ0v) is 8.70. The van der Waals surface area contributed by atoms with Crippen molar-refractivity contribution in [2.75, 3.05) is 0 Å². The predicted octanol–water partition coefficient (Wildman–Crippen LogP) is 2.59. The van der Waals surface area contributed by atoms with E-state index in [4.69, 9.17) is 10.00 Å². The summed E-state index contributed by atoms with van der Waals surface area (Å²) in [5.41, 5.74) is 0.603. The number of hydrogen-bond acceptors (Lipinski definition) is 4. The highest BCUT2D eigenvalue weighted by atomic mass is 32.1. The van der Waals surface area contributed by atoms with Crippen LogP contribution in [0.1, 0.15) is 10.6 Å². The summed E-state index contributed by atoms with van der Waals surface area (Å²) in [6.07, 6.45) is 1.75. The summed E-state index contributed by atoms with van der Waals surface area (Å²) < 4.78 is 5.49. The fourth-order valence-corrected chi connectivity index (χ4v) is 1.65. The first-order chi connectivity index (χ1) is 7.38. The van der Waals surface area contributed by atoms with Gasteiger partial charge in [-0.25, -0.2) is 4.98 Å². The van der Waals surface area contributed by atoms with Gasteiger partial charge in [0.2, 0.25) is 0 Å². The first kappa shape index (κ1) is 9.69. The standard InChI is InChI=1S/C11H8N2OS/c12-7-9-2-1-3-10(6-9)14-8-11-13-4-5-15-11/h1-6H,8H2. The van der Waals surface area contributed by atoms with Gasteiger partial charge >= 0.3 is 0 Å². The van der Waals surface area contributed by atoms with Gasteiger partial charge in [-0.05, 0) is 18.2 Å². The number of hydrogen-bond donors (Lipinski definition) is 0. The van der Waals surface area contributed by atoms with Gasteiger partial charge in [-0.1, -0.05) is 6.07 Å². The minimum absolute atomic E-state index is 0.451. The molecule has 0 spiro atoms. The Hall–Kier alpha value is -1.86. The van der Waals surface area contributed by atoms with Gasteiger partial charge < -0.3 is 4.74 Å². The molecule has 0 N–H and O–H groups in total. The summed E-state index contributed by atoms with van der Waals surface area (Å²) in [6.45, 7) is 0.451. The highest BCUT2D eigenvalue weighted by molar-refractivity contribution is 7.09. The Morgan fingerprint density at radius 2 is 2.40 bits per heavy atom. The van der Waals surface area contributed by atoms with Crippen molar-refractivity contribution >= 4 is 11.3 Å². The van der Waals surface area contributed by atoms with Crippen molar-refractivity contribution in [2.24, 2.45) is 0 Å². The molecule has 0 atom stereocenters. The van der Waals surface area contributed by atoms with Crippen LogP contribution >= 0.6 is 11.3 Å². The third-order valence-electron chi connectivity index (χ3n) is 1.81. The molecule has 1 aromatic carbocycles. The molecule has 0 radical (unpaired) electrons. The summed E-state index contributed by atoms with van der Waals surface area (Å²) in [6, 6.07) is 9.16. The van der Waals surface area contributed by atoms with Gasteiger partial charge in [-0.2, -0.15) is 5.26 Å². The SMILES string of the molecule is N#Cc1cccc(OCc2nccs2)c1. The van der Waals surface area contributed by atoms with Crippen molar-refractivity contribution in [1.82, 2.24) is 4.98 Å². The van der Waals surface area contributed by atoms with E-state index < -0.39 is 0 Å². The normalized spacial score (nSPS) is 9.53. The van der Waals surface area contributed by atoms with Crippen molar-refractivity contribution in [1.29, 1.82) is 5.26 Å². The monoisotopic (exact) mass is 216 g/mol. The molecule has 0 aliphatic heterocycles. The lowest BCUT2D eigenvalue weighted by Crippen LogP contribution is -1.94. The van der Waals surface area contributed by atoms with E-state index in [0.29, 0.717) is 17.9 Å². The Kier molecular flexibility index (Phi) is 2.96. The summed E-state index contributed by atoms with van der Waals surface area (Å²) in [5, 5.41) is 11.5. The molecule has 0 saturated carbocycles. The van der Waals surface area contributed by atoms with Crippen LogP contribution in [0.3, 0.4) is 0 Å². The summed E-state index contributed by atoms with van der Waals surface area (Å²) in [5.74, 6) is 0.698. The Labute approximate surface area is 91.6 Å². The van der Waals surface area contributed by atoms with Crippen molar-refractivity contribution < 1.29 is 4.74 Å². The number of thiazole rings is 1. The molecule has 0 aliphatic carbocycles. The highest BCUT2D eigenvalue weighted by Crippen LogP contribution is 2.15. The van der Waals surface area contributed by atoms with Crippen LogP contribution in [0.5, 0.6) is 5.75 Å². The van der Waals surface area contributed by atoms with Crippen molar-refractivity contribution in [2.45, 2.75) is 6.61 Å². The molecule has 2 aromatic rings. The van der Waals surface area contributed by atoms with Gasteiger partial charge in [0.05, 0.1) is 11.6 Å². The van der Waals surface area contributed by atoms with Gasteiger partial charge in [-0.3, -0.25) is 0 Å². The minimum atomic E-state index is 0.451. The lowest BCUT2D eigenvalue weighted by Gasteiger charge is -2.03. The number of benzene rings is 1. The van der Waals surface area contributed by atoms with Gasteiger partial charge in [-0.15, -0.1) is 11.3 Å². The zero-order chi connectivity index (χ0) is 10.5. The molecule has 74 valence electrons. The smallest absolute Gasteiger partial charge is 0.140 e. The van der Waals surface area contributed by atoms with Crippen LogP contribution in [-0.2, 0) is 6.61 Å². The molecular formula is C11H8N2OS. The highest BCUT2D eigenvalue weighted by Gasteiger charge is 1.98. The van der Waals surface area contributed by atoms with E-state index in [1.165, 1.54) is 0 Å². The molecule has 4 heteroatoms. The van der Waals surface area contributed by atoms with Crippen molar-refractivity contribution in [3.8, 4) is 11.8 Å². The Bertz CT molecular complexity index is 474. The fourth-order valence-electron chi connectivity index (χ4n) is 1.12. The van der Waals surface area contributed by atoms with Gasteiger partial charge in [0.1, 0.15) is 17.4 Å². The molecule has 1 aromatic heterocycles. The molecule has 1 heterocycles. The summed E-state index contributed by atoms with van der Waals surface area (Å²) in [7, 11) is 0. The Morgan fingerprint density at radius 1 is 1.47 bits per heavy atom. The Morgan fingerprint density at radius 3 is 3.13 bits per heavy atom. The number of nitriles is 1. The first-order valence-electron chi connectivity index (χ1n) is 4.40. The number of nitrogens with zero attached hydrogens (tertiary/aromatic N) is 2. The van der Waals surface area contributed by atoms with Crippen LogP contribution in [0.2, 0.25) is 0 Å². The molecule has 0 amide bonds. The molecule has 0 saturated heterocycles. The zero-order valence-electron chi connectivity index (χ0n) is 7.88. The van der Waals surface area contributed by atoms with Gasteiger partial charge in [0.15, 0.2) is 0 Å². The van der Waals surface area contributed by atoms with Crippen molar-refractivity contribution in [3.63, 3.8) is 0 Å². The van der Waals surface area contributed by atoms with E-state index >= 15 is 0 Å². The fraction of sp³-hybridized carbons (Fsp3) is 0.0909. The number of rotatable bonds is 3. The van der Waals surface area contributed by atoms with Gasteiger partial charge in [0, 0.05) is 11.6 Å². The van der Waals surface area contributed by atoms with Crippen LogP contribution in [0.4, 0.5) is 0 Å². The molecular weight excluding hydrogens is 208 g/mol. The third-order valence-corrected chi connectivity index (χ3v) is 2.56. The maximum Gasteiger partial charge on any atom is 0.140 e. The molecule has 3 nitrogen and oxygen atoms in total. The second-order valence-electron chi connectivity index (χ2n) is 2.85. The largest absolute Gasteiger partial charge is 0.486 e. The molecule has 2 rings (SSSR count). The van der Waals surface area contributed by atoms with Crippen LogP contribution < -0.4 is 4.74 Å². The first-order valence-corrected chi connectivity index (χ1v) is 5.28. The van der Waals surface area contributed by atoms with Crippen LogP contribution in [0, 0.1) is 11.3 Å². The quantitative estimate of drug-likeness (QED) is 0.792. The van der Waals surface area contributed by atoms with Crippen LogP contribution in [0.25, 0.3) is 0 Å². The maximum absolute atomic E-state index is 8.70. The second-order valence-corrected chi connectivity index (χ2v) is 3.83. The minimum Gasteiger partial charge on any atom is -0.486 e. The predicted molar refractivity (Wildman–Crippen MR) is 57.6 cm³/mol. The van der Waals surface area contributed by atoms with E-state index in [1.807, 2.05) is 11.4 Å². The lowest BCUT2D eigenvalue weighted by molar-refractivity contribution is 0.305. The Balaban J connectivity index is 2.02. The number of ether oxygens (including phenoxy) is 1. The topological polar surface area (TPSA) is 45.9 Å². The van der Waals surface area contributed by atoms with Crippen LogP contribution in [0.15, 0.2) is 35.8 Å². The van der Waals surface area contributed by atoms with E-state index in [0.717, 1.165) is 5.01 Å². The summed E-state index contributed by atoms with van der Waals surface area (Å²) >= 11 is 1.55. The van der Waals surface area contributed by atoms with E-state index in [1.54, 1.807) is 35.7 Å². The molecule has 0 aliphatic rings. The van der Waals surface area contributed by atoms with E-state index in [2.05, 4.69) is 11.1 Å².